The quantitative estimate of drug-likeness (QED) is 0.166. The van der Waals surface area contributed by atoms with Crippen molar-refractivity contribution in [2.45, 2.75) is 0 Å². The number of rotatable bonds is 3. The maximum Gasteiger partial charge on any atom is 0.267 e. The van der Waals surface area contributed by atoms with Crippen molar-refractivity contribution < 1.29 is 4.42 Å². The topological polar surface area (TPSA) is 26.2 Å². The molecule has 0 saturated carbocycles. The smallest absolute Gasteiger partial charge is 0.267 e. The Morgan fingerprint density at radius 1 is 0.435 bits per heavy atom. The molecule has 4 nitrogen and oxygen atoms in total. The molecular weight excluding hydrogens is 774 g/mol. The lowest BCUT2D eigenvalue weighted by molar-refractivity contribution is 0.670. The highest BCUT2D eigenvalue weighted by atomic mass is 32.1. The van der Waals surface area contributed by atoms with Crippen molar-refractivity contribution in [1.82, 2.24) is 9.13 Å². The summed E-state index contributed by atoms with van der Waals surface area (Å²) >= 11 is 1.95. The Morgan fingerprint density at radius 2 is 1.06 bits per heavy atom. The Kier molecular flexibility index (Phi) is 6.35. The molecule has 0 radical (unpaired) electrons. The highest BCUT2D eigenvalue weighted by Gasteiger charge is 2.45. The Bertz CT molecular complexity index is 4060. The zero-order valence-electron chi connectivity index (χ0n) is 33.2. The van der Waals surface area contributed by atoms with Crippen LogP contribution < -0.4 is 20.6 Å². The van der Waals surface area contributed by atoms with Gasteiger partial charge in [0.15, 0.2) is 0 Å². The zero-order valence-corrected chi connectivity index (χ0v) is 34.0. The van der Waals surface area contributed by atoms with E-state index < -0.39 is 0 Å². The first-order valence-electron chi connectivity index (χ1n) is 21.3. The van der Waals surface area contributed by atoms with E-state index in [0.29, 0.717) is 0 Å². The number of para-hydroxylation sites is 5. The van der Waals surface area contributed by atoms with Crippen LogP contribution in [0, 0.1) is 0 Å². The second-order valence-electron chi connectivity index (χ2n) is 16.7. The fourth-order valence-electron chi connectivity index (χ4n) is 11.2. The molecule has 0 spiro atoms. The van der Waals surface area contributed by atoms with E-state index in [4.69, 9.17) is 4.42 Å². The van der Waals surface area contributed by atoms with E-state index >= 15 is 0 Å². The van der Waals surface area contributed by atoms with Gasteiger partial charge in [-0.2, -0.15) is 0 Å². The number of aromatic nitrogens is 2. The summed E-state index contributed by atoms with van der Waals surface area (Å²) in [5.41, 5.74) is 17.8. The van der Waals surface area contributed by atoms with Gasteiger partial charge in [0.2, 0.25) is 0 Å². The zero-order chi connectivity index (χ0) is 40.2. The van der Waals surface area contributed by atoms with Crippen LogP contribution in [0.2, 0.25) is 0 Å². The first kappa shape index (κ1) is 33.0. The van der Waals surface area contributed by atoms with Crippen molar-refractivity contribution >= 4 is 126 Å². The van der Waals surface area contributed by atoms with Gasteiger partial charge in [-0.25, -0.2) is 0 Å². The molecule has 9 aromatic carbocycles. The second-order valence-corrected chi connectivity index (χ2v) is 17.8. The Labute approximate surface area is 359 Å². The van der Waals surface area contributed by atoms with Crippen LogP contribution in [0.4, 0.5) is 17.1 Å². The lowest BCUT2D eigenvalue weighted by Gasteiger charge is -2.39. The summed E-state index contributed by atoms with van der Waals surface area (Å²) in [6, 6.07) is 71.3. The summed E-state index contributed by atoms with van der Waals surface area (Å²) in [6.07, 6.45) is 0. The third-order valence-electron chi connectivity index (χ3n) is 13.7. The van der Waals surface area contributed by atoms with Crippen LogP contribution in [0.25, 0.3) is 98.1 Å². The number of benzene rings is 9. The maximum absolute atomic E-state index is 6.51. The Balaban J connectivity index is 1.05. The SMILES string of the molecule is c1ccc(-n2c3ccccc3c3cc4c5ccccc5n5c4c(c32)B2c3sc4ccccc4c3N(c3ccc(-c4cccc6c4oc4ccccc46)cc3)c3cccc-5c32)cc1. The summed E-state index contributed by atoms with van der Waals surface area (Å²) < 4.78 is 14.3. The number of nitrogens with zero attached hydrogens (tertiary/aromatic N) is 3. The summed E-state index contributed by atoms with van der Waals surface area (Å²) in [6.45, 7) is -0.00963. The minimum Gasteiger partial charge on any atom is -0.455 e. The van der Waals surface area contributed by atoms with Crippen LogP contribution in [0.1, 0.15) is 0 Å². The van der Waals surface area contributed by atoms with Crippen LogP contribution in [-0.2, 0) is 0 Å². The minimum atomic E-state index is -0.00963. The molecule has 4 aromatic heterocycles. The molecule has 6 heterocycles. The van der Waals surface area contributed by atoms with E-state index in [9.17, 15) is 0 Å². The van der Waals surface area contributed by atoms with Crippen LogP contribution >= 0.6 is 11.3 Å². The molecule has 62 heavy (non-hydrogen) atoms. The molecule has 0 saturated heterocycles. The lowest BCUT2D eigenvalue weighted by Crippen LogP contribution is -2.59. The predicted octanol–water partition coefficient (Wildman–Crippen LogP) is 13.3. The number of fused-ring (bicyclic) bond motifs is 16. The van der Waals surface area contributed by atoms with Gasteiger partial charge in [0, 0.05) is 75.5 Å². The summed E-state index contributed by atoms with van der Waals surface area (Å²) in [5, 5.41) is 8.70. The van der Waals surface area contributed by atoms with E-state index in [1.807, 2.05) is 17.4 Å². The summed E-state index contributed by atoms with van der Waals surface area (Å²) in [7, 11) is 0. The van der Waals surface area contributed by atoms with Crippen molar-refractivity contribution in [3.05, 3.63) is 194 Å². The highest BCUT2D eigenvalue weighted by Crippen LogP contribution is 2.48. The average molecular weight is 806 g/mol. The predicted molar refractivity (Wildman–Crippen MR) is 263 cm³/mol. The van der Waals surface area contributed by atoms with Crippen molar-refractivity contribution in [2.24, 2.45) is 0 Å². The van der Waals surface area contributed by atoms with Gasteiger partial charge in [-0.3, -0.25) is 0 Å². The van der Waals surface area contributed by atoms with E-state index in [1.165, 1.54) is 92.1 Å². The van der Waals surface area contributed by atoms with Crippen molar-refractivity contribution in [3.8, 4) is 22.5 Å². The van der Waals surface area contributed by atoms with E-state index in [2.05, 4.69) is 202 Å². The molecule has 0 unspecified atom stereocenters. The molecule has 0 N–H and O–H groups in total. The highest BCUT2D eigenvalue weighted by molar-refractivity contribution is 7.34. The number of anilines is 3. The largest absolute Gasteiger partial charge is 0.455 e. The van der Waals surface area contributed by atoms with Crippen LogP contribution in [-0.4, -0.2) is 15.8 Å². The van der Waals surface area contributed by atoms with Crippen LogP contribution in [0.15, 0.2) is 199 Å². The molecule has 6 heteroatoms. The van der Waals surface area contributed by atoms with Gasteiger partial charge < -0.3 is 18.5 Å². The molecule has 0 amide bonds. The summed E-state index contributed by atoms with van der Waals surface area (Å²) in [4.78, 5) is 2.55. The average Bonchev–Trinajstić information content (AvgIpc) is 4.09. The van der Waals surface area contributed by atoms with Crippen molar-refractivity contribution in [1.29, 1.82) is 0 Å². The third-order valence-corrected chi connectivity index (χ3v) is 14.9. The Morgan fingerprint density at radius 3 is 1.87 bits per heavy atom. The van der Waals surface area contributed by atoms with E-state index in [-0.39, 0.29) is 6.71 Å². The molecule has 286 valence electrons. The van der Waals surface area contributed by atoms with Crippen LogP contribution in [0.5, 0.6) is 0 Å². The van der Waals surface area contributed by atoms with Gasteiger partial charge in [0.25, 0.3) is 6.71 Å². The van der Waals surface area contributed by atoms with Crippen molar-refractivity contribution in [3.63, 3.8) is 0 Å². The van der Waals surface area contributed by atoms with Gasteiger partial charge in [-0.15, -0.1) is 11.3 Å². The van der Waals surface area contributed by atoms with E-state index in [1.54, 1.807) is 0 Å². The van der Waals surface area contributed by atoms with Gasteiger partial charge >= 0.3 is 0 Å². The Hall–Kier alpha value is -7.80. The number of furan rings is 1. The molecule has 0 bridgehead atoms. The number of hydrogen-bond donors (Lipinski definition) is 0. The van der Waals surface area contributed by atoms with Crippen molar-refractivity contribution in [2.75, 3.05) is 4.90 Å². The first-order chi connectivity index (χ1) is 30.8. The molecule has 13 aromatic rings. The molecule has 15 rings (SSSR count). The van der Waals surface area contributed by atoms with E-state index in [0.717, 1.165) is 38.8 Å². The molecular formula is C56H32BN3OS. The third kappa shape index (κ3) is 4.12. The normalized spacial score (nSPS) is 13.1. The summed E-state index contributed by atoms with van der Waals surface area (Å²) in [5.74, 6) is 0. The molecule has 0 atom stereocenters. The monoisotopic (exact) mass is 805 g/mol. The number of thiophene rings is 1. The van der Waals surface area contributed by atoms with Crippen LogP contribution in [0.3, 0.4) is 0 Å². The minimum absolute atomic E-state index is 0.00963. The van der Waals surface area contributed by atoms with Gasteiger partial charge in [-0.05, 0) is 83.2 Å². The van der Waals surface area contributed by atoms with Gasteiger partial charge in [0.05, 0.1) is 27.8 Å². The molecule has 0 fully saturated rings. The van der Waals surface area contributed by atoms with Gasteiger partial charge in [0.1, 0.15) is 11.2 Å². The maximum atomic E-state index is 6.51. The molecule has 2 aliphatic heterocycles. The second kappa shape index (κ2) is 11.9. The first-order valence-corrected chi connectivity index (χ1v) is 22.1. The fourth-order valence-corrected chi connectivity index (χ4v) is 12.6. The van der Waals surface area contributed by atoms with Gasteiger partial charge in [-0.1, -0.05) is 127 Å². The molecule has 0 aliphatic carbocycles. The fraction of sp³-hybridized carbons (Fsp3) is 0. The lowest BCUT2D eigenvalue weighted by atomic mass is 9.36. The standard InChI is InChI=1S/C56H32BN3OS/c1-2-14-34(15-3-1)58-44-22-8-4-16-37(44)42-32-43-38-17-5-9-23-45(38)60-47-25-13-24-46-50(47)57(51(52(42)58)53(43)60)56-54(41-19-7-11-27-49(41)62-56)59(46)35-30-28-33(29-31-35)36-20-12-21-40-39-18-6-10-26-48(39)61-55(36)40/h1-32H. The molecule has 2 aliphatic rings. The number of hydrogen-bond acceptors (Lipinski definition) is 3.